The zero-order valence-corrected chi connectivity index (χ0v) is 17.9. The molecular weight excluding hydrogens is 417 g/mol. The highest BCUT2D eigenvalue weighted by atomic mass is 32.2. The summed E-state index contributed by atoms with van der Waals surface area (Å²) in [7, 11) is 0. The van der Waals surface area contributed by atoms with Crippen molar-refractivity contribution >= 4 is 17.7 Å². The van der Waals surface area contributed by atoms with Crippen LogP contribution in [0.2, 0.25) is 0 Å². The van der Waals surface area contributed by atoms with Crippen molar-refractivity contribution in [1.29, 1.82) is 0 Å². The Hall–Kier alpha value is -3.07. The lowest BCUT2D eigenvalue weighted by atomic mass is 9.88. The number of nitrogen functional groups attached to an aromatic ring is 1. The molecule has 0 saturated carbocycles. The number of ether oxygens (including phenoxy) is 1. The molecule has 9 heteroatoms. The van der Waals surface area contributed by atoms with E-state index < -0.39 is 11.1 Å². The molecule has 7 nitrogen and oxygen atoms in total. The van der Waals surface area contributed by atoms with Gasteiger partial charge in [0.15, 0.2) is 17.4 Å². The second-order valence-electron chi connectivity index (χ2n) is 7.40. The van der Waals surface area contributed by atoms with Crippen LogP contribution < -0.4 is 15.9 Å². The molecule has 1 aliphatic carbocycles. The van der Waals surface area contributed by atoms with Crippen molar-refractivity contribution in [1.82, 2.24) is 20.2 Å². The van der Waals surface area contributed by atoms with Gasteiger partial charge in [0.25, 0.3) is 0 Å². The van der Waals surface area contributed by atoms with E-state index in [4.69, 9.17) is 10.6 Å². The Morgan fingerprint density at radius 2 is 2.06 bits per heavy atom. The molecule has 4 rings (SSSR count). The van der Waals surface area contributed by atoms with Gasteiger partial charge in [-0.25, -0.2) is 9.07 Å². The smallest absolute Gasteiger partial charge is 0.233 e. The van der Waals surface area contributed by atoms with Crippen LogP contribution in [0.4, 0.5) is 4.39 Å². The Bertz CT molecular complexity index is 1070. The second-order valence-corrected chi connectivity index (χ2v) is 8.71. The van der Waals surface area contributed by atoms with Crippen molar-refractivity contribution in [3.63, 3.8) is 0 Å². The predicted molar refractivity (Wildman–Crippen MR) is 116 cm³/mol. The fourth-order valence-electron chi connectivity index (χ4n) is 3.59. The number of amides is 1. The minimum Gasteiger partial charge on any atom is -0.482 e. The molecule has 1 aromatic heterocycles. The number of hydrogen-bond donors (Lipinski definition) is 2. The van der Waals surface area contributed by atoms with Crippen LogP contribution in [0.1, 0.15) is 42.8 Å². The van der Waals surface area contributed by atoms with Gasteiger partial charge in [0.1, 0.15) is 6.61 Å². The second kappa shape index (κ2) is 9.38. The lowest BCUT2D eigenvalue weighted by molar-refractivity contribution is -0.121. The van der Waals surface area contributed by atoms with Gasteiger partial charge in [0, 0.05) is 0 Å². The first kappa shape index (κ1) is 21.2. The Balaban J connectivity index is 1.36. The van der Waals surface area contributed by atoms with Crippen LogP contribution in [-0.4, -0.2) is 26.0 Å². The van der Waals surface area contributed by atoms with Crippen molar-refractivity contribution in [3.8, 4) is 5.75 Å². The van der Waals surface area contributed by atoms with Crippen molar-refractivity contribution in [2.75, 3.05) is 5.84 Å². The van der Waals surface area contributed by atoms with Gasteiger partial charge in [0.05, 0.1) is 11.3 Å². The fraction of sp³-hybridized carbons (Fsp3) is 0.318. The number of aryl methyl sites for hydroxylation is 1. The van der Waals surface area contributed by atoms with E-state index in [2.05, 4.69) is 27.6 Å². The third-order valence-corrected chi connectivity index (χ3v) is 6.32. The number of nitrogens with zero attached hydrogens (tertiary/aromatic N) is 3. The number of carbonyl (C=O) groups excluding carboxylic acids is 1. The largest absolute Gasteiger partial charge is 0.482 e. The monoisotopic (exact) mass is 441 g/mol. The lowest BCUT2D eigenvalue weighted by Crippen LogP contribution is -2.36. The van der Waals surface area contributed by atoms with E-state index in [1.807, 2.05) is 12.1 Å². The van der Waals surface area contributed by atoms with E-state index in [9.17, 15) is 9.18 Å². The standard InChI is InChI=1S/C22H24FN5O2S/c1-14(21(29)25-18-11-6-8-15-7-2-3-9-16(15)18)31-22-27-26-20(28(22)24)13-30-19-12-5-4-10-17(19)23/h2-5,7,9-10,12,14,18H,6,8,11,13,24H2,1H3,(H,25,29)/t14-,18-/m0/s1. The summed E-state index contributed by atoms with van der Waals surface area (Å²) >= 11 is 1.22. The maximum atomic E-state index is 13.7. The molecule has 1 amide bonds. The SMILES string of the molecule is C[C@H](Sc1nnc(COc2ccccc2F)n1N)C(=O)N[C@H]1CCCc2ccccc21. The maximum Gasteiger partial charge on any atom is 0.233 e. The number of thioether (sulfide) groups is 1. The summed E-state index contributed by atoms with van der Waals surface area (Å²) in [5, 5.41) is 11.2. The highest BCUT2D eigenvalue weighted by Crippen LogP contribution is 2.30. The maximum absolute atomic E-state index is 13.7. The van der Waals surface area contributed by atoms with Gasteiger partial charge in [-0.05, 0) is 49.4 Å². The van der Waals surface area contributed by atoms with E-state index >= 15 is 0 Å². The number of carbonyl (C=O) groups is 1. The summed E-state index contributed by atoms with van der Waals surface area (Å²) in [6, 6.07) is 14.3. The van der Waals surface area contributed by atoms with E-state index in [0.717, 1.165) is 19.3 Å². The number of benzene rings is 2. The molecule has 2 aromatic carbocycles. The zero-order chi connectivity index (χ0) is 21.8. The normalized spacial score (nSPS) is 16.4. The first-order chi connectivity index (χ1) is 15.0. The molecule has 162 valence electrons. The molecule has 31 heavy (non-hydrogen) atoms. The highest BCUT2D eigenvalue weighted by molar-refractivity contribution is 8.00. The van der Waals surface area contributed by atoms with Gasteiger partial charge in [-0.2, -0.15) is 0 Å². The molecule has 0 spiro atoms. The molecule has 3 aromatic rings. The van der Waals surface area contributed by atoms with Crippen LogP contribution in [0, 0.1) is 5.82 Å². The van der Waals surface area contributed by atoms with Gasteiger partial charge in [0.2, 0.25) is 11.1 Å². The Morgan fingerprint density at radius 1 is 1.29 bits per heavy atom. The number of nitrogens with one attached hydrogen (secondary N) is 1. The minimum atomic E-state index is -0.463. The van der Waals surface area contributed by atoms with Crippen LogP contribution in [-0.2, 0) is 17.8 Å². The van der Waals surface area contributed by atoms with Crippen LogP contribution in [0.5, 0.6) is 5.75 Å². The number of hydrogen-bond acceptors (Lipinski definition) is 6. The van der Waals surface area contributed by atoms with E-state index in [-0.39, 0.29) is 24.3 Å². The topological polar surface area (TPSA) is 95.1 Å². The summed E-state index contributed by atoms with van der Waals surface area (Å²) in [6.07, 6.45) is 3.01. The third-order valence-electron chi connectivity index (χ3n) is 5.27. The molecule has 0 unspecified atom stereocenters. The number of para-hydroxylation sites is 1. The molecule has 0 aliphatic heterocycles. The molecule has 0 saturated heterocycles. The van der Waals surface area contributed by atoms with Gasteiger partial charge >= 0.3 is 0 Å². The molecule has 1 heterocycles. The number of halogens is 1. The first-order valence-electron chi connectivity index (χ1n) is 10.1. The van der Waals surface area contributed by atoms with Crippen LogP contribution >= 0.6 is 11.8 Å². The summed E-state index contributed by atoms with van der Waals surface area (Å²) < 4.78 is 20.4. The van der Waals surface area contributed by atoms with Crippen molar-refractivity contribution in [2.24, 2.45) is 0 Å². The minimum absolute atomic E-state index is 0.0148. The third kappa shape index (κ3) is 4.82. The van der Waals surface area contributed by atoms with Gasteiger partial charge < -0.3 is 15.9 Å². The van der Waals surface area contributed by atoms with Gasteiger partial charge in [-0.1, -0.05) is 48.2 Å². The van der Waals surface area contributed by atoms with E-state index in [1.54, 1.807) is 19.1 Å². The number of nitrogens with two attached hydrogens (primary N) is 1. The summed E-state index contributed by atoms with van der Waals surface area (Å²) in [5.74, 6) is 5.96. The van der Waals surface area contributed by atoms with Crippen molar-refractivity contribution in [3.05, 3.63) is 71.3 Å². The molecular formula is C22H24FN5O2S. The van der Waals surface area contributed by atoms with E-state index in [0.29, 0.717) is 11.0 Å². The van der Waals surface area contributed by atoms with E-state index in [1.165, 1.54) is 39.7 Å². The summed E-state index contributed by atoms with van der Waals surface area (Å²) in [5.41, 5.74) is 2.48. The van der Waals surface area contributed by atoms with Gasteiger partial charge in [-0.15, -0.1) is 10.2 Å². The highest BCUT2D eigenvalue weighted by Gasteiger charge is 2.25. The predicted octanol–water partition coefficient (Wildman–Crippen LogP) is 3.38. The molecule has 0 bridgehead atoms. The Morgan fingerprint density at radius 3 is 2.90 bits per heavy atom. The van der Waals surface area contributed by atoms with Crippen molar-refractivity contribution in [2.45, 2.75) is 49.2 Å². The van der Waals surface area contributed by atoms with Gasteiger partial charge in [-0.3, -0.25) is 4.79 Å². The summed E-state index contributed by atoms with van der Waals surface area (Å²) in [4.78, 5) is 12.8. The molecule has 3 N–H and O–H groups in total. The van der Waals surface area contributed by atoms with Crippen LogP contribution in [0.3, 0.4) is 0 Å². The number of rotatable bonds is 7. The Labute approximate surface area is 184 Å². The van der Waals surface area contributed by atoms with Crippen LogP contribution in [0.15, 0.2) is 53.7 Å². The average Bonchev–Trinajstić information content (AvgIpc) is 3.12. The number of fused-ring (bicyclic) bond motifs is 1. The zero-order valence-electron chi connectivity index (χ0n) is 17.1. The molecule has 0 fully saturated rings. The Kier molecular flexibility index (Phi) is 6.41. The number of aromatic nitrogens is 3. The summed E-state index contributed by atoms with van der Waals surface area (Å²) in [6.45, 7) is 1.77. The fourth-order valence-corrected chi connectivity index (χ4v) is 4.39. The molecule has 1 aliphatic rings. The van der Waals surface area contributed by atoms with Crippen molar-refractivity contribution < 1.29 is 13.9 Å². The average molecular weight is 442 g/mol. The van der Waals surface area contributed by atoms with Crippen LogP contribution in [0.25, 0.3) is 0 Å². The molecule has 2 atom stereocenters. The molecule has 0 radical (unpaired) electrons. The first-order valence-corrected chi connectivity index (χ1v) is 11.0. The lowest BCUT2D eigenvalue weighted by Gasteiger charge is -2.27. The quantitative estimate of drug-likeness (QED) is 0.431.